The van der Waals surface area contributed by atoms with Gasteiger partial charge in [-0.1, -0.05) is 47.1 Å². The molecule has 0 fully saturated rings. The molecule has 150 valence electrons. The molecular weight excluding hydrogens is 435 g/mol. The van der Waals surface area contributed by atoms with Crippen LogP contribution >= 0.6 is 35.0 Å². The highest BCUT2D eigenvalue weighted by Gasteiger charge is 2.17. The zero-order valence-corrected chi connectivity index (χ0v) is 17.6. The number of carbonyl (C=O) groups is 2. The average Bonchev–Trinajstić information content (AvgIpc) is 3.17. The van der Waals surface area contributed by atoms with Crippen LogP contribution in [0.15, 0.2) is 53.7 Å². The molecule has 0 unspecified atom stereocenters. The Morgan fingerprint density at radius 2 is 1.86 bits per heavy atom. The number of anilines is 1. The van der Waals surface area contributed by atoms with E-state index >= 15 is 0 Å². The van der Waals surface area contributed by atoms with Crippen molar-refractivity contribution in [2.45, 2.75) is 5.16 Å². The van der Waals surface area contributed by atoms with Crippen molar-refractivity contribution in [1.29, 1.82) is 0 Å². The fraction of sp³-hybridized carbons (Fsp3) is 0.167. The van der Waals surface area contributed by atoms with Crippen molar-refractivity contribution in [1.82, 2.24) is 25.1 Å². The van der Waals surface area contributed by atoms with Crippen molar-refractivity contribution in [2.24, 2.45) is 0 Å². The number of amides is 2. The number of thioether (sulfide) groups is 1. The number of para-hydroxylation sites is 1. The van der Waals surface area contributed by atoms with Gasteiger partial charge in [-0.15, -0.1) is 5.10 Å². The molecule has 0 bridgehead atoms. The van der Waals surface area contributed by atoms with Crippen LogP contribution in [0.4, 0.5) is 5.69 Å². The summed E-state index contributed by atoms with van der Waals surface area (Å²) in [6.45, 7) is -0.104. The first-order valence-electron chi connectivity index (χ1n) is 8.39. The van der Waals surface area contributed by atoms with E-state index in [0.29, 0.717) is 20.9 Å². The Balaban J connectivity index is 1.54. The first-order valence-corrected chi connectivity index (χ1v) is 10.1. The van der Waals surface area contributed by atoms with Gasteiger partial charge in [-0.25, -0.2) is 0 Å². The van der Waals surface area contributed by atoms with E-state index in [0.717, 1.165) is 5.69 Å². The molecule has 0 spiro atoms. The number of aromatic nitrogens is 4. The summed E-state index contributed by atoms with van der Waals surface area (Å²) in [5.41, 5.74) is 1.22. The minimum atomic E-state index is -0.343. The molecule has 3 rings (SSSR count). The van der Waals surface area contributed by atoms with E-state index in [1.54, 1.807) is 55.6 Å². The van der Waals surface area contributed by atoms with Gasteiger partial charge in [0.1, 0.15) is 0 Å². The van der Waals surface area contributed by atoms with E-state index in [4.69, 9.17) is 23.2 Å². The van der Waals surface area contributed by atoms with Crippen molar-refractivity contribution >= 4 is 52.5 Å². The molecule has 0 aliphatic heterocycles. The largest absolute Gasteiger partial charge is 0.336 e. The van der Waals surface area contributed by atoms with Crippen LogP contribution < -0.4 is 5.32 Å². The van der Waals surface area contributed by atoms with Crippen molar-refractivity contribution < 1.29 is 9.59 Å². The second-order valence-corrected chi connectivity index (χ2v) is 7.70. The van der Waals surface area contributed by atoms with E-state index in [1.807, 2.05) is 0 Å². The molecule has 0 atom stereocenters. The Kier molecular flexibility index (Phi) is 7.08. The molecule has 1 heterocycles. The topological polar surface area (TPSA) is 93.0 Å². The third kappa shape index (κ3) is 5.69. The van der Waals surface area contributed by atoms with Crippen LogP contribution in [0.25, 0.3) is 5.69 Å². The molecule has 0 saturated heterocycles. The predicted molar refractivity (Wildman–Crippen MR) is 113 cm³/mol. The van der Waals surface area contributed by atoms with Crippen molar-refractivity contribution in [3.8, 4) is 5.69 Å². The van der Waals surface area contributed by atoms with Gasteiger partial charge in [-0.3, -0.25) is 9.59 Å². The minimum Gasteiger partial charge on any atom is -0.336 e. The summed E-state index contributed by atoms with van der Waals surface area (Å²) in [6, 6.07) is 13.9. The van der Waals surface area contributed by atoms with Gasteiger partial charge in [-0.2, -0.15) is 4.68 Å². The Hall–Kier alpha value is -2.62. The number of rotatable bonds is 7. The van der Waals surface area contributed by atoms with Gasteiger partial charge >= 0.3 is 0 Å². The van der Waals surface area contributed by atoms with Crippen molar-refractivity contribution in [3.63, 3.8) is 0 Å². The molecule has 0 saturated carbocycles. The summed E-state index contributed by atoms with van der Waals surface area (Å²) >= 11 is 13.1. The lowest BCUT2D eigenvalue weighted by molar-refractivity contribution is -0.131. The van der Waals surface area contributed by atoms with Gasteiger partial charge in [0.25, 0.3) is 0 Å². The van der Waals surface area contributed by atoms with Crippen LogP contribution in [0.3, 0.4) is 0 Å². The lowest BCUT2D eigenvalue weighted by Gasteiger charge is -2.16. The molecule has 1 aromatic heterocycles. The molecule has 0 aliphatic rings. The maximum absolute atomic E-state index is 12.4. The number of hydrogen-bond donors (Lipinski definition) is 1. The van der Waals surface area contributed by atoms with Gasteiger partial charge in [0.2, 0.25) is 17.0 Å². The van der Waals surface area contributed by atoms with Crippen LogP contribution in [-0.2, 0) is 9.59 Å². The molecule has 2 amide bonds. The number of halogens is 2. The van der Waals surface area contributed by atoms with Gasteiger partial charge in [0, 0.05) is 12.1 Å². The standard InChI is InChI=1S/C18H16Cl2N6O2S/c1-25(10-16(27)21-15-5-3-2-4-14(15)20)17(28)11-29-18-22-23-24-26(18)13-8-6-12(19)7-9-13/h2-9H,10-11H2,1H3,(H,21,27). The lowest BCUT2D eigenvalue weighted by Crippen LogP contribution is -2.36. The maximum Gasteiger partial charge on any atom is 0.244 e. The molecule has 8 nitrogen and oxygen atoms in total. The number of carbonyl (C=O) groups excluding carboxylic acids is 2. The van der Waals surface area contributed by atoms with Crippen LogP contribution in [0, 0.1) is 0 Å². The van der Waals surface area contributed by atoms with E-state index in [1.165, 1.54) is 21.3 Å². The predicted octanol–water partition coefficient (Wildman–Crippen LogP) is 3.16. The van der Waals surface area contributed by atoms with Crippen LogP contribution in [0.5, 0.6) is 0 Å². The fourth-order valence-corrected chi connectivity index (χ4v) is 3.45. The monoisotopic (exact) mass is 450 g/mol. The fourth-order valence-electron chi connectivity index (χ4n) is 2.31. The highest BCUT2D eigenvalue weighted by Crippen LogP contribution is 2.21. The first-order chi connectivity index (χ1) is 13.9. The zero-order chi connectivity index (χ0) is 20.8. The summed E-state index contributed by atoms with van der Waals surface area (Å²) in [5.74, 6) is -0.510. The smallest absolute Gasteiger partial charge is 0.244 e. The Morgan fingerprint density at radius 3 is 2.59 bits per heavy atom. The highest BCUT2D eigenvalue weighted by molar-refractivity contribution is 7.99. The number of hydrogen-bond acceptors (Lipinski definition) is 6. The number of benzene rings is 2. The van der Waals surface area contributed by atoms with E-state index in [9.17, 15) is 9.59 Å². The zero-order valence-electron chi connectivity index (χ0n) is 15.2. The van der Waals surface area contributed by atoms with Gasteiger partial charge in [0.05, 0.1) is 28.7 Å². The molecule has 29 heavy (non-hydrogen) atoms. The van der Waals surface area contributed by atoms with Gasteiger partial charge in [0.15, 0.2) is 0 Å². The van der Waals surface area contributed by atoms with Gasteiger partial charge < -0.3 is 10.2 Å². The van der Waals surface area contributed by atoms with Crippen LogP contribution in [0.1, 0.15) is 0 Å². The number of nitrogens with one attached hydrogen (secondary N) is 1. The number of likely N-dealkylation sites (N-methyl/N-ethyl adjacent to an activating group) is 1. The molecular formula is C18H16Cl2N6O2S. The Morgan fingerprint density at radius 1 is 1.14 bits per heavy atom. The molecule has 0 aliphatic carbocycles. The summed E-state index contributed by atoms with van der Waals surface area (Å²) in [4.78, 5) is 25.9. The van der Waals surface area contributed by atoms with E-state index in [-0.39, 0.29) is 24.1 Å². The Labute approximate surface area is 181 Å². The van der Waals surface area contributed by atoms with E-state index in [2.05, 4.69) is 20.8 Å². The summed E-state index contributed by atoms with van der Waals surface area (Å²) in [5, 5.41) is 15.7. The van der Waals surface area contributed by atoms with Crippen molar-refractivity contribution in [2.75, 3.05) is 24.7 Å². The number of tetrazole rings is 1. The normalized spacial score (nSPS) is 10.6. The Bertz CT molecular complexity index is 1010. The maximum atomic E-state index is 12.4. The molecule has 11 heteroatoms. The summed E-state index contributed by atoms with van der Waals surface area (Å²) in [7, 11) is 1.55. The summed E-state index contributed by atoms with van der Waals surface area (Å²) in [6.07, 6.45) is 0. The SMILES string of the molecule is CN(CC(=O)Nc1ccccc1Cl)C(=O)CSc1nnnn1-c1ccc(Cl)cc1. The second-order valence-electron chi connectivity index (χ2n) is 5.92. The van der Waals surface area contributed by atoms with Gasteiger partial charge in [-0.05, 0) is 46.8 Å². The molecule has 0 radical (unpaired) electrons. The minimum absolute atomic E-state index is 0.0733. The highest BCUT2D eigenvalue weighted by atomic mass is 35.5. The van der Waals surface area contributed by atoms with Crippen molar-refractivity contribution in [3.05, 3.63) is 58.6 Å². The summed E-state index contributed by atoms with van der Waals surface area (Å²) < 4.78 is 1.51. The second kappa shape index (κ2) is 9.73. The van der Waals surface area contributed by atoms with Crippen LogP contribution in [-0.4, -0.2) is 56.3 Å². The molecule has 1 N–H and O–H groups in total. The first kappa shape index (κ1) is 21.1. The number of nitrogens with zero attached hydrogens (tertiary/aromatic N) is 5. The quantitative estimate of drug-likeness (QED) is 0.555. The third-order valence-electron chi connectivity index (χ3n) is 3.79. The van der Waals surface area contributed by atoms with E-state index < -0.39 is 0 Å². The molecule has 2 aromatic carbocycles. The average molecular weight is 451 g/mol. The van der Waals surface area contributed by atoms with Crippen LogP contribution in [0.2, 0.25) is 10.0 Å². The lowest BCUT2D eigenvalue weighted by atomic mass is 10.3. The third-order valence-corrected chi connectivity index (χ3v) is 5.28. The molecule has 3 aromatic rings.